The van der Waals surface area contributed by atoms with Crippen LogP contribution in [0.4, 0.5) is 0 Å². The fourth-order valence-corrected chi connectivity index (χ4v) is 7.03. The monoisotopic (exact) mass is 783 g/mol. The molecule has 4 aromatic carbocycles. The van der Waals surface area contributed by atoms with E-state index in [2.05, 4.69) is 43.0 Å². The van der Waals surface area contributed by atoms with Crippen LogP contribution < -0.4 is 30.4 Å². The third-order valence-corrected chi connectivity index (χ3v) is 10.3. The number of ether oxygens (including phenoxy) is 3. The Kier molecular flexibility index (Phi) is 20.4. The SMILES string of the molecule is CCCCCCCCOc1cc(C(=O)NC(=S)NNC(=O)c2c3ccccc3cc3ccccc23)cc(OCCCCCCCC)c1OCCCCCCCC. The first-order valence-electron chi connectivity index (χ1n) is 21.3. The van der Waals surface area contributed by atoms with Gasteiger partial charge in [0.2, 0.25) is 5.75 Å². The van der Waals surface area contributed by atoms with E-state index in [1.54, 1.807) is 12.1 Å². The van der Waals surface area contributed by atoms with E-state index in [1.165, 1.54) is 77.0 Å². The molecule has 0 saturated carbocycles. The number of fused-ring (bicyclic) bond motifs is 2. The van der Waals surface area contributed by atoms with Crippen LogP contribution in [-0.4, -0.2) is 36.7 Å². The van der Waals surface area contributed by atoms with E-state index in [0.29, 0.717) is 48.2 Å². The predicted octanol–water partition coefficient (Wildman–Crippen LogP) is 12.2. The Morgan fingerprint density at radius 1 is 0.518 bits per heavy atom. The van der Waals surface area contributed by atoms with E-state index < -0.39 is 5.91 Å². The number of carbonyl (C=O) groups is 2. The Hall–Kier alpha value is -4.37. The van der Waals surface area contributed by atoms with Gasteiger partial charge in [-0.25, -0.2) is 0 Å². The Morgan fingerprint density at radius 3 is 1.43 bits per heavy atom. The fourth-order valence-electron chi connectivity index (χ4n) is 6.89. The maximum atomic E-state index is 13.8. The number of hydrazine groups is 1. The van der Waals surface area contributed by atoms with E-state index in [0.717, 1.165) is 60.1 Å². The van der Waals surface area contributed by atoms with Crippen molar-refractivity contribution in [3.05, 3.63) is 77.9 Å². The van der Waals surface area contributed by atoms with Crippen LogP contribution in [0, 0.1) is 0 Å². The summed E-state index contributed by atoms with van der Waals surface area (Å²) in [5.41, 5.74) is 6.30. The van der Waals surface area contributed by atoms with E-state index in [9.17, 15) is 9.59 Å². The highest BCUT2D eigenvalue weighted by Crippen LogP contribution is 2.40. The number of hydrogen-bond donors (Lipinski definition) is 3. The molecule has 0 radical (unpaired) electrons. The third-order valence-electron chi connectivity index (χ3n) is 10.1. The van der Waals surface area contributed by atoms with Crippen molar-refractivity contribution in [1.29, 1.82) is 0 Å². The summed E-state index contributed by atoms with van der Waals surface area (Å²) in [5, 5.41) is 6.24. The van der Waals surface area contributed by atoms with E-state index >= 15 is 0 Å². The van der Waals surface area contributed by atoms with Crippen LogP contribution in [0.15, 0.2) is 66.7 Å². The summed E-state index contributed by atoms with van der Waals surface area (Å²) in [7, 11) is 0. The van der Waals surface area contributed by atoms with Crippen LogP contribution >= 0.6 is 12.2 Å². The standard InChI is InChI=1S/C47H65N3O5S/c1-4-7-10-13-16-23-30-53-41-34-38(35-42(54-31-24-17-14-11-8-5-2)44(41)55-32-25-18-15-12-9-6-3)45(51)48-47(56)50-49-46(52)43-39-28-21-19-26-36(39)33-37-27-20-22-29-40(37)43/h19-22,26-29,33-35H,4-18,23-25,30-32H2,1-3H3,(H,49,52)(H2,48,50,51,56). The summed E-state index contributed by atoms with van der Waals surface area (Å²) >= 11 is 5.50. The van der Waals surface area contributed by atoms with Crippen molar-refractivity contribution in [3.63, 3.8) is 0 Å². The number of rotatable bonds is 26. The molecule has 0 saturated heterocycles. The lowest BCUT2D eigenvalue weighted by Gasteiger charge is -2.19. The lowest BCUT2D eigenvalue weighted by Crippen LogP contribution is -2.48. The van der Waals surface area contributed by atoms with Crippen LogP contribution in [0.3, 0.4) is 0 Å². The van der Waals surface area contributed by atoms with Gasteiger partial charge in [-0.3, -0.25) is 25.8 Å². The van der Waals surface area contributed by atoms with Gasteiger partial charge < -0.3 is 14.2 Å². The molecular weight excluding hydrogens is 719 g/mol. The zero-order chi connectivity index (χ0) is 39.8. The minimum Gasteiger partial charge on any atom is -0.490 e. The minimum atomic E-state index is -0.455. The topological polar surface area (TPSA) is 97.9 Å². The number of benzene rings is 4. The molecule has 0 atom stereocenters. The third kappa shape index (κ3) is 14.6. The number of carbonyl (C=O) groups excluding carboxylic acids is 2. The molecule has 8 nitrogen and oxygen atoms in total. The minimum absolute atomic E-state index is 0.0413. The Morgan fingerprint density at radius 2 is 0.946 bits per heavy atom. The maximum absolute atomic E-state index is 13.8. The van der Waals surface area contributed by atoms with Crippen LogP contribution in [-0.2, 0) is 0 Å². The molecule has 56 heavy (non-hydrogen) atoms. The van der Waals surface area contributed by atoms with Crippen molar-refractivity contribution in [2.75, 3.05) is 19.8 Å². The van der Waals surface area contributed by atoms with Crippen LogP contribution in [0.25, 0.3) is 21.5 Å². The van der Waals surface area contributed by atoms with Gasteiger partial charge in [-0.2, -0.15) is 0 Å². The number of hydrogen-bond acceptors (Lipinski definition) is 6. The zero-order valence-electron chi connectivity index (χ0n) is 34.1. The van der Waals surface area contributed by atoms with Crippen molar-refractivity contribution in [2.24, 2.45) is 0 Å². The molecule has 0 aliphatic heterocycles. The fraction of sp³-hybridized carbons (Fsp3) is 0.511. The average Bonchev–Trinajstić information content (AvgIpc) is 3.21. The van der Waals surface area contributed by atoms with Crippen molar-refractivity contribution >= 4 is 50.7 Å². The second kappa shape index (κ2) is 25.7. The van der Waals surface area contributed by atoms with Crippen LogP contribution in [0.1, 0.15) is 157 Å². The van der Waals surface area contributed by atoms with Gasteiger partial charge in [0.15, 0.2) is 16.6 Å². The van der Waals surface area contributed by atoms with Gasteiger partial charge in [0, 0.05) is 5.56 Å². The molecule has 0 heterocycles. The van der Waals surface area contributed by atoms with Crippen molar-refractivity contribution in [2.45, 2.75) is 136 Å². The molecule has 304 valence electrons. The predicted molar refractivity (Wildman–Crippen MR) is 235 cm³/mol. The normalized spacial score (nSPS) is 11.1. The molecule has 2 amide bonds. The van der Waals surface area contributed by atoms with Crippen LogP contribution in [0.5, 0.6) is 17.2 Å². The van der Waals surface area contributed by atoms with Gasteiger partial charge in [-0.1, -0.05) is 166 Å². The molecule has 4 aromatic rings. The second-order valence-electron chi connectivity index (χ2n) is 14.7. The van der Waals surface area contributed by atoms with Crippen molar-refractivity contribution < 1.29 is 23.8 Å². The van der Waals surface area contributed by atoms with Gasteiger partial charge in [0.25, 0.3) is 11.8 Å². The number of amides is 2. The van der Waals surface area contributed by atoms with Crippen molar-refractivity contribution in [3.8, 4) is 17.2 Å². The maximum Gasteiger partial charge on any atom is 0.270 e. The largest absolute Gasteiger partial charge is 0.490 e. The van der Waals surface area contributed by atoms with E-state index in [4.69, 9.17) is 26.4 Å². The first-order chi connectivity index (χ1) is 27.5. The first kappa shape index (κ1) is 44.3. The van der Waals surface area contributed by atoms with Gasteiger partial charge in [0.05, 0.1) is 25.4 Å². The molecule has 0 spiro atoms. The van der Waals surface area contributed by atoms with Gasteiger partial charge in [-0.15, -0.1) is 0 Å². The van der Waals surface area contributed by atoms with Crippen LogP contribution in [0.2, 0.25) is 0 Å². The molecule has 0 unspecified atom stereocenters. The summed E-state index contributed by atoms with van der Waals surface area (Å²) in [6.45, 7) is 8.23. The molecule has 0 aromatic heterocycles. The Bertz CT molecular complexity index is 1720. The number of nitrogens with one attached hydrogen (secondary N) is 3. The smallest absolute Gasteiger partial charge is 0.270 e. The number of thiocarbonyl (C=S) groups is 1. The van der Waals surface area contributed by atoms with Gasteiger partial charge >= 0.3 is 0 Å². The molecule has 0 bridgehead atoms. The molecule has 0 fully saturated rings. The van der Waals surface area contributed by atoms with Gasteiger partial charge in [0.1, 0.15) is 0 Å². The summed E-state index contributed by atoms with van der Waals surface area (Å²) in [5.74, 6) is 0.707. The molecule has 4 rings (SSSR count). The van der Waals surface area contributed by atoms with E-state index in [-0.39, 0.29) is 11.0 Å². The highest BCUT2D eigenvalue weighted by Gasteiger charge is 2.21. The molecule has 0 aliphatic rings. The lowest BCUT2D eigenvalue weighted by molar-refractivity contribution is 0.0937. The summed E-state index contributed by atoms with van der Waals surface area (Å²) in [4.78, 5) is 27.4. The Labute approximate surface area is 340 Å². The highest BCUT2D eigenvalue weighted by atomic mass is 32.1. The molecule has 9 heteroatoms. The lowest BCUT2D eigenvalue weighted by atomic mass is 9.96. The number of unbranched alkanes of at least 4 members (excludes halogenated alkanes) is 15. The molecular formula is C47H65N3O5S. The summed E-state index contributed by atoms with van der Waals surface area (Å²) < 4.78 is 19.2. The van der Waals surface area contributed by atoms with Gasteiger partial charge in [-0.05, 0) is 71.2 Å². The van der Waals surface area contributed by atoms with E-state index in [1.807, 2.05) is 48.5 Å². The highest BCUT2D eigenvalue weighted by molar-refractivity contribution is 7.80. The molecule has 0 aliphatic carbocycles. The summed E-state index contributed by atoms with van der Waals surface area (Å²) in [6, 6.07) is 21.0. The average molecular weight is 784 g/mol. The second-order valence-corrected chi connectivity index (χ2v) is 15.1. The quantitative estimate of drug-likeness (QED) is 0.0252. The first-order valence-corrected chi connectivity index (χ1v) is 21.8. The Balaban J connectivity index is 1.48. The summed E-state index contributed by atoms with van der Waals surface area (Å²) in [6.07, 6.45) is 20.6. The van der Waals surface area contributed by atoms with Crippen molar-refractivity contribution in [1.82, 2.24) is 16.2 Å². The zero-order valence-corrected chi connectivity index (χ0v) is 35.0. The molecule has 3 N–H and O–H groups in total.